The van der Waals surface area contributed by atoms with Crippen molar-refractivity contribution in [2.45, 2.75) is 36.5 Å². The lowest BCUT2D eigenvalue weighted by molar-refractivity contribution is -0.120. The van der Waals surface area contributed by atoms with Crippen molar-refractivity contribution < 1.29 is 13.2 Å². The Labute approximate surface area is 124 Å². The molecule has 0 aromatic heterocycles. The van der Waals surface area contributed by atoms with E-state index in [1.54, 1.807) is 0 Å². The van der Waals surface area contributed by atoms with Gasteiger partial charge in [0.1, 0.15) is 0 Å². The fraction of sp³-hybridized carbons (Fsp3) is 0.500. The highest BCUT2D eigenvalue weighted by molar-refractivity contribution is 8.00. The van der Waals surface area contributed by atoms with Crippen molar-refractivity contribution in [2.75, 3.05) is 11.5 Å². The predicted molar refractivity (Wildman–Crippen MR) is 81.7 cm³/mol. The normalized spacial score (nSPS) is 22.4. The summed E-state index contributed by atoms with van der Waals surface area (Å²) in [5, 5.41) is 2.59. The summed E-state index contributed by atoms with van der Waals surface area (Å²) < 4.78 is 22.7. The van der Waals surface area contributed by atoms with Crippen LogP contribution in [0, 0.1) is 6.92 Å². The Bertz CT molecular complexity index is 581. The first-order valence-corrected chi connectivity index (χ1v) is 9.30. The third kappa shape index (κ3) is 4.24. The van der Waals surface area contributed by atoms with E-state index in [9.17, 15) is 13.2 Å². The highest BCUT2D eigenvalue weighted by atomic mass is 32.2. The summed E-state index contributed by atoms with van der Waals surface area (Å²) in [5.41, 5.74) is 1.18. The number of aryl methyl sites for hydroxylation is 1. The molecule has 1 aromatic carbocycles. The lowest BCUT2D eigenvalue weighted by atomic mass is 10.2. The average Bonchev–Trinajstić information content (AvgIpc) is 2.71. The Morgan fingerprint density at radius 1 is 1.35 bits per heavy atom. The first-order valence-electron chi connectivity index (χ1n) is 6.60. The molecule has 1 aliphatic rings. The van der Waals surface area contributed by atoms with Gasteiger partial charge >= 0.3 is 0 Å². The maximum Gasteiger partial charge on any atom is 0.233 e. The Balaban J connectivity index is 1.88. The predicted octanol–water partition coefficient (Wildman–Crippen LogP) is 1.78. The minimum atomic E-state index is -2.95. The molecule has 1 heterocycles. The molecule has 0 unspecified atom stereocenters. The molecule has 2 atom stereocenters. The van der Waals surface area contributed by atoms with Crippen molar-refractivity contribution in [3.8, 4) is 0 Å². The molecule has 1 amide bonds. The number of hydrogen-bond donors (Lipinski definition) is 1. The molecular weight excluding hydrogens is 294 g/mol. The van der Waals surface area contributed by atoms with E-state index in [1.807, 2.05) is 38.1 Å². The molecule has 1 aliphatic heterocycles. The highest BCUT2D eigenvalue weighted by Gasteiger charge is 2.30. The van der Waals surface area contributed by atoms with Crippen LogP contribution in [0.15, 0.2) is 29.2 Å². The van der Waals surface area contributed by atoms with Gasteiger partial charge in [0.2, 0.25) is 5.91 Å². The molecule has 1 N–H and O–H groups in total. The van der Waals surface area contributed by atoms with Gasteiger partial charge in [-0.25, -0.2) is 8.42 Å². The minimum absolute atomic E-state index is 0.0701. The second-order valence-corrected chi connectivity index (χ2v) is 8.82. The third-order valence-electron chi connectivity index (χ3n) is 3.28. The molecule has 0 aliphatic carbocycles. The van der Waals surface area contributed by atoms with E-state index in [1.165, 1.54) is 17.3 Å². The molecule has 2 rings (SSSR count). The van der Waals surface area contributed by atoms with Gasteiger partial charge in [0.25, 0.3) is 0 Å². The number of thioether (sulfide) groups is 1. The molecular formula is C14H19NO3S2. The topological polar surface area (TPSA) is 63.2 Å². The lowest BCUT2D eigenvalue weighted by Gasteiger charge is -2.15. The first-order chi connectivity index (χ1) is 9.35. The molecule has 0 saturated carbocycles. The van der Waals surface area contributed by atoms with Gasteiger partial charge < -0.3 is 5.32 Å². The molecule has 1 aromatic rings. The second kappa shape index (κ2) is 6.18. The van der Waals surface area contributed by atoms with Crippen LogP contribution in [0.2, 0.25) is 0 Å². The molecule has 1 saturated heterocycles. The van der Waals surface area contributed by atoms with Crippen LogP contribution >= 0.6 is 11.8 Å². The van der Waals surface area contributed by atoms with Crippen molar-refractivity contribution in [1.82, 2.24) is 5.32 Å². The van der Waals surface area contributed by atoms with Gasteiger partial charge in [0, 0.05) is 10.9 Å². The van der Waals surface area contributed by atoms with Crippen LogP contribution in [-0.4, -0.2) is 37.1 Å². The Kier molecular flexibility index (Phi) is 4.75. The van der Waals surface area contributed by atoms with Crippen molar-refractivity contribution in [3.05, 3.63) is 29.8 Å². The number of amides is 1. The zero-order valence-corrected chi connectivity index (χ0v) is 13.3. The van der Waals surface area contributed by atoms with E-state index in [0.29, 0.717) is 6.42 Å². The summed E-state index contributed by atoms with van der Waals surface area (Å²) in [4.78, 5) is 13.1. The fourth-order valence-corrected chi connectivity index (χ4v) is 4.65. The number of rotatable bonds is 4. The summed E-state index contributed by atoms with van der Waals surface area (Å²) in [7, 11) is -2.95. The Morgan fingerprint density at radius 3 is 2.55 bits per heavy atom. The molecule has 4 nitrogen and oxygen atoms in total. The first kappa shape index (κ1) is 15.4. The lowest BCUT2D eigenvalue weighted by Crippen LogP contribution is -2.39. The maximum atomic E-state index is 12.1. The molecule has 110 valence electrons. The van der Waals surface area contributed by atoms with Crippen molar-refractivity contribution in [2.24, 2.45) is 0 Å². The number of sulfone groups is 1. The van der Waals surface area contributed by atoms with E-state index < -0.39 is 9.84 Å². The van der Waals surface area contributed by atoms with E-state index >= 15 is 0 Å². The SMILES string of the molecule is Cc1ccc(S[C@H](C)C(=O)N[C@H]2CCS(=O)(=O)C2)cc1. The molecule has 6 heteroatoms. The zero-order chi connectivity index (χ0) is 14.8. The molecule has 0 radical (unpaired) electrons. The molecule has 1 fully saturated rings. The number of nitrogens with one attached hydrogen (secondary N) is 1. The monoisotopic (exact) mass is 313 g/mol. The number of hydrogen-bond acceptors (Lipinski definition) is 4. The van der Waals surface area contributed by atoms with Gasteiger partial charge in [0.05, 0.1) is 16.8 Å². The Morgan fingerprint density at radius 2 is 2.00 bits per heavy atom. The molecule has 0 bridgehead atoms. The smallest absolute Gasteiger partial charge is 0.233 e. The van der Waals surface area contributed by atoms with Crippen molar-refractivity contribution >= 4 is 27.5 Å². The van der Waals surface area contributed by atoms with Crippen LogP contribution in [0.1, 0.15) is 18.9 Å². The number of carbonyl (C=O) groups is 1. The van der Waals surface area contributed by atoms with E-state index in [4.69, 9.17) is 0 Å². The van der Waals surface area contributed by atoms with E-state index in [2.05, 4.69) is 5.32 Å². The van der Waals surface area contributed by atoms with E-state index in [0.717, 1.165) is 4.90 Å². The second-order valence-electron chi connectivity index (χ2n) is 5.18. The summed E-state index contributed by atoms with van der Waals surface area (Å²) >= 11 is 1.48. The largest absolute Gasteiger partial charge is 0.351 e. The fourth-order valence-electron chi connectivity index (χ4n) is 2.10. The van der Waals surface area contributed by atoms with Crippen LogP contribution in [-0.2, 0) is 14.6 Å². The average molecular weight is 313 g/mol. The maximum absolute atomic E-state index is 12.1. The van der Waals surface area contributed by atoms with E-state index in [-0.39, 0.29) is 28.7 Å². The Hall–Kier alpha value is -1.01. The van der Waals surface area contributed by atoms with Crippen molar-refractivity contribution in [3.63, 3.8) is 0 Å². The van der Waals surface area contributed by atoms with Gasteiger partial charge in [0.15, 0.2) is 9.84 Å². The summed E-state index contributed by atoms with van der Waals surface area (Å²) in [6.07, 6.45) is 0.524. The standard InChI is InChI=1S/C14H19NO3S2/c1-10-3-5-13(6-4-10)19-11(2)14(16)15-12-7-8-20(17,18)9-12/h3-6,11-12H,7-9H2,1-2H3,(H,15,16)/t11-,12+/m1/s1. The number of benzene rings is 1. The summed E-state index contributed by atoms with van der Waals surface area (Å²) in [6.45, 7) is 3.86. The quantitative estimate of drug-likeness (QED) is 0.861. The molecule has 20 heavy (non-hydrogen) atoms. The minimum Gasteiger partial charge on any atom is -0.351 e. The van der Waals surface area contributed by atoms with Gasteiger partial charge in [-0.1, -0.05) is 17.7 Å². The van der Waals surface area contributed by atoms with Gasteiger partial charge in [-0.3, -0.25) is 4.79 Å². The van der Waals surface area contributed by atoms with Crippen LogP contribution in [0.4, 0.5) is 0 Å². The van der Waals surface area contributed by atoms with Gasteiger partial charge in [-0.2, -0.15) is 0 Å². The summed E-state index contributed by atoms with van der Waals surface area (Å²) in [6, 6.07) is 7.77. The van der Waals surface area contributed by atoms with Gasteiger partial charge in [-0.15, -0.1) is 11.8 Å². The summed E-state index contributed by atoms with van der Waals surface area (Å²) in [5.74, 6) is 0.149. The third-order valence-corrected chi connectivity index (χ3v) is 6.16. The van der Waals surface area contributed by atoms with Crippen LogP contribution in [0.25, 0.3) is 0 Å². The van der Waals surface area contributed by atoms with Crippen molar-refractivity contribution in [1.29, 1.82) is 0 Å². The zero-order valence-electron chi connectivity index (χ0n) is 11.6. The number of carbonyl (C=O) groups excluding carboxylic acids is 1. The van der Waals surface area contributed by atoms with Crippen LogP contribution < -0.4 is 5.32 Å². The highest BCUT2D eigenvalue weighted by Crippen LogP contribution is 2.24. The molecule has 0 spiro atoms. The van der Waals surface area contributed by atoms with Gasteiger partial charge in [-0.05, 0) is 32.4 Å². The van der Waals surface area contributed by atoms with Crippen LogP contribution in [0.3, 0.4) is 0 Å². The van der Waals surface area contributed by atoms with Crippen LogP contribution in [0.5, 0.6) is 0 Å².